The van der Waals surface area contributed by atoms with Crippen molar-refractivity contribution in [3.8, 4) is 0 Å². The summed E-state index contributed by atoms with van der Waals surface area (Å²) in [6, 6.07) is 7.07. The number of hydrogen-bond acceptors (Lipinski definition) is 3. The van der Waals surface area contributed by atoms with Gasteiger partial charge in [-0.3, -0.25) is 14.2 Å². The van der Waals surface area contributed by atoms with E-state index in [-0.39, 0.29) is 17.5 Å². The van der Waals surface area contributed by atoms with Crippen LogP contribution in [0.2, 0.25) is 0 Å². The Kier molecular flexibility index (Phi) is 4.96. The van der Waals surface area contributed by atoms with Crippen LogP contribution in [0.1, 0.15) is 45.5 Å². The first-order valence-corrected chi connectivity index (χ1v) is 7.76. The SMILES string of the molecule is CCCC(=O)N(CC)C(C)c1nc2ccccc2c(=O)n1C. The lowest BCUT2D eigenvalue weighted by Gasteiger charge is -2.28. The summed E-state index contributed by atoms with van der Waals surface area (Å²) in [6.07, 6.45) is 1.33. The van der Waals surface area contributed by atoms with Crippen LogP contribution >= 0.6 is 0 Å². The fourth-order valence-corrected chi connectivity index (χ4v) is 2.77. The second-order valence-electron chi connectivity index (χ2n) is 5.46. The Bertz CT molecular complexity index is 736. The summed E-state index contributed by atoms with van der Waals surface area (Å²) in [4.78, 5) is 31.1. The van der Waals surface area contributed by atoms with Crippen molar-refractivity contribution in [2.45, 2.75) is 39.7 Å². The van der Waals surface area contributed by atoms with E-state index in [2.05, 4.69) is 4.98 Å². The molecule has 2 rings (SSSR count). The molecule has 5 heteroatoms. The molecule has 0 fully saturated rings. The first kappa shape index (κ1) is 16.2. The van der Waals surface area contributed by atoms with E-state index in [0.29, 0.717) is 29.7 Å². The molecular weight excluding hydrogens is 278 g/mol. The van der Waals surface area contributed by atoms with Crippen LogP contribution in [0.5, 0.6) is 0 Å². The molecule has 5 nitrogen and oxygen atoms in total. The maximum Gasteiger partial charge on any atom is 0.261 e. The topological polar surface area (TPSA) is 55.2 Å². The largest absolute Gasteiger partial charge is 0.333 e. The fourth-order valence-electron chi connectivity index (χ4n) is 2.77. The van der Waals surface area contributed by atoms with Crippen LogP contribution in [0.25, 0.3) is 10.9 Å². The number of nitrogens with zero attached hydrogens (tertiary/aromatic N) is 3. The molecule has 0 aliphatic rings. The molecule has 0 saturated heterocycles. The molecule has 0 aliphatic carbocycles. The maximum absolute atomic E-state index is 12.5. The highest BCUT2D eigenvalue weighted by Gasteiger charge is 2.23. The molecule has 1 unspecified atom stereocenters. The highest BCUT2D eigenvalue weighted by atomic mass is 16.2. The molecule has 0 radical (unpaired) electrons. The minimum atomic E-state index is -0.230. The van der Waals surface area contributed by atoms with Gasteiger partial charge in [-0.1, -0.05) is 19.1 Å². The smallest absolute Gasteiger partial charge is 0.261 e. The van der Waals surface area contributed by atoms with Crippen LogP contribution in [0.15, 0.2) is 29.1 Å². The highest BCUT2D eigenvalue weighted by molar-refractivity contribution is 5.78. The predicted molar refractivity (Wildman–Crippen MR) is 87.7 cm³/mol. The summed E-state index contributed by atoms with van der Waals surface area (Å²) in [6.45, 7) is 6.46. The standard InChI is InChI=1S/C17H23N3O2/c1-5-9-15(21)20(6-2)12(3)16-18-14-11-8-7-10-13(14)17(22)19(16)4/h7-8,10-12H,5-6,9H2,1-4H3. The van der Waals surface area contributed by atoms with Crippen molar-refractivity contribution in [2.24, 2.45) is 7.05 Å². The van der Waals surface area contributed by atoms with Crippen molar-refractivity contribution in [2.75, 3.05) is 6.54 Å². The molecular formula is C17H23N3O2. The Labute approximate surface area is 130 Å². The Morgan fingerprint density at radius 1 is 1.32 bits per heavy atom. The van der Waals surface area contributed by atoms with E-state index in [4.69, 9.17) is 0 Å². The molecule has 1 aromatic carbocycles. The number of aromatic nitrogens is 2. The number of rotatable bonds is 5. The number of carbonyl (C=O) groups excluding carboxylic acids is 1. The van der Waals surface area contributed by atoms with E-state index >= 15 is 0 Å². The monoisotopic (exact) mass is 301 g/mol. The molecule has 0 saturated carbocycles. The molecule has 1 atom stereocenters. The second-order valence-corrected chi connectivity index (χ2v) is 5.46. The molecule has 118 valence electrons. The first-order valence-electron chi connectivity index (χ1n) is 7.76. The van der Waals surface area contributed by atoms with E-state index in [9.17, 15) is 9.59 Å². The van der Waals surface area contributed by atoms with Crippen molar-refractivity contribution < 1.29 is 4.79 Å². The third-order valence-corrected chi connectivity index (χ3v) is 3.98. The van der Waals surface area contributed by atoms with Gasteiger partial charge in [0.25, 0.3) is 5.56 Å². The van der Waals surface area contributed by atoms with Crippen LogP contribution in [0.4, 0.5) is 0 Å². The molecule has 22 heavy (non-hydrogen) atoms. The minimum absolute atomic E-state index is 0.0774. The third-order valence-electron chi connectivity index (χ3n) is 3.98. The number of para-hydroxylation sites is 1. The van der Waals surface area contributed by atoms with Crippen molar-refractivity contribution in [1.29, 1.82) is 0 Å². The van der Waals surface area contributed by atoms with Gasteiger partial charge in [-0.2, -0.15) is 0 Å². The zero-order valence-electron chi connectivity index (χ0n) is 13.7. The number of hydrogen-bond donors (Lipinski definition) is 0. The van der Waals surface area contributed by atoms with Gasteiger partial charge < -0.3 is 4.90 Å². The summed E-state index contributed by atoms with van der Waals surface area (Å²) in [5.41, 5.74) is 0.595. The van der Waals surface area contributed by atoms with Crippen molar-refractivity contribution in [1.82, 2.24) is 14.5 Å². The van der Waals surface area contributed by atoms with Gasteiger partial charge in [0, 0.05) is 20.0 Å². The lowest BCUT2D eigenvalue weighted by molar-refractivity contribution is -0.133. The molecule has 0 aliphatic heterocycles. The first-order chi connectivity index (χ1) is 10.5. The van der Waals surface area contributed by atoms with Crippen molar-refractivity contribution in [3.63, 3.8) is 0 Å². The summed E-state index contributed by atoms with van der Waals surface area (Å²) in [5, 5.41) is 0.601. The maximum atomic E-state index is 12.5. The highest BCUT2D eigenvalue weighted by Crippen LogP contribution is 2.20. The summed E-state index contributed by atoms with van der Waals surface area (Å²) in [5.74, 6) is 0.718. The van der Waals surface area contributed by atoms with E-state index in [1.54, 1.807) is 22.6 Å². The van der Waals surface area contributed by atoms with Crippen LogP contribution in [-0.2, 0) is 11.8 Å². The van der Waals surface area contributed by atoms with Crippen LogP contribution in [-0.4, -0.2) is 26.9 Å². The lowest BCUT2D eigenvalue weighted by atomic mass is 10.2. The van der Waals surface area contributed by atoms with Gasteiger partial charge in [0.1, 0.15) is 5.82 Å². The molecule has 0 spiro atoms. The zero-order valence-corrected chi connectivity index (χ0v) is 13.7. The average molecular weight is 301 g/mol. The second kappa shape index (κ2) is 6.73. The molecule has 1 amide bonds. The Morgan fingerprint density at radius 2 is 2.00 bits per heavy atom. The van der Waals surface area contributed by atoms with Gasteiger partial charge in [0.15, 0.2) is 0 Å². The van der Waals surface area contributed by atoms with Gasteiger partial charge in [-0.15, -0.1) is 0 Å². The van der Waals surface area contributed by atoms with E-state index in [0.717, 1.165) is 6.42 Å². The van der Waals surface area contributed by atoms with Crippen molar-refractivity contribution in [3.05, 3.63) is 40.4 Å². The molecule has 1 heterocycles. The summed E-state index contributed by atoms with van der Waals surface area (Å²) in [7, 11) is 1.71. The summed E-state index contributed by atoms with van der Waals surface area (Å²) < 4.78 is 1.55. The van der Waals surface area contributed by atoms with Crippen LogP contribution < -0.4 is 5.56 Å². The fraction of sp³-hybridized carbons (Fsp3) is 0.471. The van der Waals surface area contributed by atoms with Gasteiger partial charge in [-0.05, 0) is 32.4 Å². The zero-order chi connectivity index (χ0) is 16.3. The normalized spacial score (nSPS) is 12.4. The quantitative estimate of drug-likeness (QED) is 0.853. The van der Waals surface area contributed by atoms with Crippen LogP contribution in [0.3, 0.4) is 0 Å². The molecule has 0 N–H and O–H groups in total. The van der Waals surface area contributed by atoms with Gasteiger partial charge >= 0.3 is 0 Å². The third kappa shape index (κ3) is 2.89. The molecule has 1 aromatic heterocycles. The summed E-state index contributed by atoms with van der Waals surface area (Å²) >= 11 is 0. The lowest BCUT2D eigenvalue weighted by Crippen LogP contribution is -2.36. The number of benzene rings is 1. The van der Waals surface area contributed by atoms with Gasteiger partial charge in [0.05, 0.1) is 16.9 Å². The van der Waals surface area contributed by atoms with Crippen molar-refractivity contribution >= 4 is 16.8 Å². The molecule has 2 aromatic rings. The van der Waals surface area contributed by atoms with Crippen LogP contribution in [0, 0.1) is 0 Å². The molecule has 0 bridgehead atoms. The Hall–Kier alpha value is -2.17. The minimum Gasteiger partial charge on any atom is -0.333 e. The van der Waals surface area contributed by atoms with E-state index in [1.807, 2.05) is 39.0 Å². The number of amides is 1. The number of fused-ring (bicyclic) bond motifs is 1. The Morgan fingerprint density at radius 3 is 2.64 bits per heavy atom. The van der Waals surface area contributed by atoms with Gasteiger partial charge in [-0.25, -0.2) is 4.98 Å². The number of carbonyl (C=O) groups is 1. The van der Waals surface area contributed by atoms with E-state index < -0.39 is 0 Å². The average Bonchev–Trinajstić information content (AvgIpc) is 2.51. The van der Waals surface area contributed by atoms with E-state index in [1.165, 1.54) is 0 Å². The Balaban J connectivity index is 2.51. The van der Waals surface area contributed by atoms with Gasteiger partial charge in [0.2, 0.25) is 5.91 Å². The predicted octanol–water partition coefficient (Wildman–Crippen LogP) is 2.64.